The third kappa shape index (κ3) is 3.32. The Morgan fingerprint density at radius 1 is 1.33 bits per heavy atom. The summed E-state index contributed by atoms with van der Waals surface area (Å²) in [6.45, 7) is 6.32. The molecular formula is C18H21N3O3. The maximum Gasteiger partial charge on any atom is 0.269 e. The van der Waals surface area contributed by atoms with Crippen molar-refractivity contribution in [3.05, 3.63) is 52.9 Å². The van der Waals surface area contributed by atoms with Gasteiger partial charge in [0, 0.05) is 24.4 Å². The SMILES string of the molecule is Cc1noc(C)c1C(C)CNC(=O)C1=NOC(c2ccccc2)C1. The largest absolute Gasteiger partial charge is 0.387 e. The maximum atomic E-state index is 12.3. The van der Waals surface area contributed by atoms with Crippen LogP contribution in [0, 0.1) is 13.8 Å². The quantitative estimate of drug-likeness (QED) is 0.916. The van der Waals surface area contributed by atoms with Gasteiger partial charge in [0.1, 0.15) is 11.5 Å². The molecule has 0 aliphatic carbocycles. The second kappa shape index (κ2) is 6.86. The van der Waals surface area contributed by atoms with Crippen molar-refractivity contribution < 1.29 is 14.2 Å². The summed E-state index contributed by atoms with van der Waals surface area (Å²) >= 11 is 0. The fourth-order valence-corrected chi connectivity index (χ4v) is 3.00. The molecule has 24 heavy (non-hydrogen) atoms. The summed E-state index contributed by atoms with van der Waals surface area (Å²) in [5, 5.41) is 10.8. The number of aromatic nitrogens is 1. The fraction of sp³-hybridized carbons (Fsp3) is 0.389. The molecule has 0 fully saturated rings. The van der Waals surface area contributed by atoms with Crippen LogP contribution in [0.25, 0.3) is 0 Å². The lowest BCUT2D eigenvalue weighted by atomic mass is 9.99. The van der Waals surface area contributed by atoms with Gasteiger partial charge in [-0.2, -0.15) is 0 Å². The van der Waals surface area contributed by atoms with Gasteiger partial charge in [0.2, 0.25) is 0 Å². The van der Waals surface area contributed by atoms with Gasteiger partial charge in [-0.25, -0.2) is 0 Å². The molecule has 2 heterocycles. The standard InChI is InChI=1S/C18H21N3O3/c1-11(17-12(2)20-23-13(17)3)10-19-18(22)15-9-16(24-21-15)14-7-5-4-6-8-14/h4-8,11,16H,9-10H2,1-3H3,(H,19,22). The normalized spacial score (nSPS) is 18.0. The van der Waals surface area contributed by atoms with E-state index in [1.807, 2.05) is 51.1 Å². The molecule has 0 spiro atoms. The smallest absolute Gasteiger partial charge is 0.269 e. The van der Waals surface area contributed by atoms with Gasteiger partial charge in [-0.05, 0) is 19.4 Å². The van der Waals surface area contributed by atoms with E-state index in [4.69, 9.17) is 9.36 Å². The lowest BCUT2D eigenvalue weighted by molar-refractivity contribution is -0.115. The van der Waals surface area contributed by atoms with Crippen molar-refractivity contribution in [2.45, 2.75) is 39.2 Å². The first kappa shape index (κ1) is 16.2. The number of aryl methyl sites for hydroxylation is 2. The summed E-state index contributed by atoms with van der Waals surface area (Å²) in [5.41, 5.74) is 3.35. The van der Waals surface area contributed by atoms with Crippen molar-refractivity contribution in [1.29, 1.82) is 0 Å². The molecular weight excluding hydrogens is 306 g/mol. The number of hydrogen-bond acceptors (Lipinski definition) is 5. The van der Waals surface area contributed by atoms with Gasteiger partial charge in [0.25, 0.3) is 5.91 Å². The van der Waals surface area contributed by atoms with Crippen LogP contribution in [-0.4, -0.2) is 23.3 Å². The molecule has 2 atom stereocenters. The van der Waals surface area contributed by atoms with E-state index in [1.54, 1.807) is 0 Å². The van der Waals surface area contributed by atoms with Crippen LogP contribution in [-0.2, 0) is 9.63 Å². The fourth-order valence-electron chi connectivity index (χ4n) is 3.00. The molecule has 1 aliphatic rings. The highest BCUT2D eigenvalue weighted by molar-refractivity contribution is 6.39. The highest BCUT2D eigenvalue weighted by Crippen LogP contribution is 2.27. The van der Waals surface area contributed by atoms with Crippen molar-refractivity contribution >= 4 is 11.6 Å². The van der Waals surface area contributed by atoms with E-state index in [-0.39, 0.29) is 17.9 Å². The van der Waals surface area contributed by atoms with Gasteiger partial charge >= 0.3 is 0 Å². The molecule has 0 saturated carbocycles. The summed E-state index contributed by atoms with van der Waals surface area (Å²) in [5.74, 6) is 0.722. The molecule has 3 rings (SSSR count). The maximum absolute atomic E-state index is 12.3. The predicted octanol–water partition coefficient (Wildman–Crippen LogP) is 3.03. The number of rotatable bonds is 5. The summed E-state index contributed by atoms with van der Waals surface area (Å²) < 4.78 is 5.18. The van der Waals surface area contributed by atoms with Gasteiger partial charge in [-0.15, -0.1) is 0 Å². The Balaban J connectivity index is 1.55. The van der Waals surface area contributed by atoms with E-state index in [0.29, 0.717) is 18.7 Å². The Labute approximate surface area is 140 Å². The second-order valence-electron chi connectivity index (χ2n) is 6.10. The monoisotopic (exact) mass is 327 g/mol. The molecule has 1 amide bonds. The Kier molecular flexibility index (Phi) is 4.64. The Bertz CT molecular complexity index is 733. The van der Waals surface area contributed by atoms with Crippen LogP contribution in [0.1, 0.15) is 47.9 Å². The molecule has 2 unspecified atom stereocenters. The van der Waals surface area contributed by atoms with Crippen molar-refractivity contribution in [2.75, 3.05) is 6.54 Å². The lowest BCUT2D eigenvalue weighted by Gasteiger charge is -2.12. The highest BCUT2D eigenvalue weighted by Gasteiger charge is 2.27. The molecule has 1 aromatic heterocycles. The van der Waals surface area contributed by atoms with Crippen LogP contribution < -0.4 is 5.32 Å². The average Bonchev–Trinajstić information content (AvgIpc) is 3.20. The molecule has 1 aromatic carbocycles. The summed E-state index contributed by atoms with van der Waals surface area (Å²) in [6, 6.07) is 9.79. The van der Waals surface area contributed by atoms with Gasteiger partial charge in [-0.3, -0.25) is 4.79 Å². The third-order valence-corrected chi connectivity index (χ3v) is 4.25. The number of amides is 1. The zero-order chi connectivity index (χ0) is 17.1. The number of carbonyl (C=O) groups excluding carboxylic acids is 1. The van der Waals surface area contributed by atoms with Crippen LogP contribution in [0.3, 0.4) is 0 Å². The topological polar surface area (TPSA) is 76.7 Å². The van der Waals surface area contributed by atoms with Crippen LogP contribution in [0.5, 0.6) is 0 Å². The van der Waals surface area contributed by atoms with E-state index in [1.165, 1.54) is 0 Å². The Morgan fingerprint density at radius 3 is 2.75 bits per heavy atom. The first-order chi connectivity index (χ1) is 11.6. The van der Waals surface area contributed by atoms with E-state index < -0.39 is 0 Å². The van der Waals surface area contributed by atoms with E-state index in [0.717, 1.165) is 22.6 Å². The van der Waals surface area contributed by atoms with E-state index in [2.05, 4.69) is 15.6 Å². The van der Waals surface area contributed by atoms with Crippen LogP contribution in [0.4, 0.5) is 0 Å². The summed E-state index contributed by atoms with van der Waals surface area (Å²) in [7, 11) is 0. The Morgan fingerprint density at radius 2 is 2.08 bits per heavy atom. The minimum atomic E-state index is -0.188. The zero-order valence-corrected chi connectivity index (χ0v) is 14.1. The number of oxime groups is 1. The highest BCUT2D eigenvalue weighted by atomic mass is 16.6. The molecule has 6 heteroatoms. The van der Waals surface area contributed by atoms with Crippen molar-refractivity contribution in [3.63, 3.8) is 0 Å². The molecule has 0 radical (unpaired) electrons. The van der Waals surface area contributed by atoms with Crippen molar-refractivity contribution in [3.8, 4) is 0 Å². The predicted molar refractivity (Wildman–Crippen MR) is 89.7 cm³/mol. The molecule has 126 valence electrons. The zero-order valence-electron chi connectivity index (χ0n) is 14.1. The van der Waals surface area contributed by atoms with Crippen LogP contribution >= 0.6 is 0 Å². The van der Waals surface area contributed by atoms with Gasteiger partial charge in [0.15, 0.2) is 6.10 Å². The number of nitrogens with one attached hydrogen (secondary N) is 1. The van der Waals surface area contributed by atoms with E-state index in [9.17, 15) is 4.79 Å². The second-order valence-corrected chi connectivity index (χ2v) is 6.10. The van der Waals surface area contributed by atoms with Crippen LogP contribution in [0.15, 0.2) is 40.0 Å². The van der Waals surface area contributed by atoms with Gasteiger partial charge in [-0.1, -0.05) is 47.6 Å². The first-order valence-corrected chi connectivity index (χ1v) is 8.05. The third-order valence-electron chi connectivity index (χ3n) is 4.25. The number of benzene rings is 1. The molecule has 1 N–H and O–H groups in total. The first-order valence-electron chi connectivity index (χ1n) is 8.05. The molecule has 0 bridgehead atoms. The summed E-state index contributed by atoms with van der Waals surface area (Å²) in [6.07, 6.45) is 0.294. The Hall–Kier alpha value is -2.63. The molecule has 1 aliphatic heterocycles. The average molecular weight is 327 g/mol. The number of carbonyl (C=O) groups is 1. The minimum Gasteiger partial charge on any atom is -0.387 e. The summed E-state index contributed by atoms with van der Waals surface area (Å²) in [4.78, 5) is 17.7. The van der Waals surface area contributed by atoms with Crippen molar-refractivity contribution in [2.24, 2.45) is 5.16 Å². The van der Waals surface area contributed by atoms with Gasteiger partial charge < -0.3 is 14.7 Å². The molecule has 6 nitrogen and oxygen atoms in total. The number of nitrogens with zero attached hydrogens (tertiary/aromatic N) is 2. The lowest BCUT2D eigenvalue weighted by Crippen LogP contribution is -2.33. The molecule has 2 aromatic rings. The van der Waals surface area contributed by atoms with Crippen molar-refractivity contribution in [1.82, 2.24) is 10.5 Å². The van der Waals surface area contributed by atoms with E-state index >= 15 is 0 Å². The number of hydrogen-bond donors (Lipinski definition) is 1. The minimum absolute atomic E-state index is 0.119. The van der Waals surface area contributed by atoms with Gasteiger partial charge in [0.05, 0.1) is 5.69 Å². The van der Waals surface area contributed by atoms with Crippen LogP contribution in [0.2, 0.25) is 0 Å². The molecule has 0 saturated heterocycles.